The molecule has 0 radical (unpaired) electrons. The van der Waals surface area contributed by atoms with Gasteiger partial charge in [0, 0.05) is 0 Å². The highest BCUT2D eigenvalue weighted by molar-refractivity contribution is 6.99. The van der Waals surface area contributed by atoms with E-state index in [1.165, 1.54) is 16.4 Å². The predicted molar refractivity (Wildman–Crippen MR) is 137 cm³/mol. The SMILES string of the molecule is CC(C)(C)[Si](OCCOc1ccc(/C=C(\C#N)C(=O)O)cc1)(c1ccccc1)c1ccccc1. The molecule has 5 nitrogen and oxygen atoms in total. The lowest BCUT2D eigenvalue weighted by atomic mass is 10.1. The van der Waals surface area contributed by atoms with E-state index < -0.39 is 14.3 Å². The number of nitrogens with zero attached hydrogens (tertiary/aromatic N) is 1. The number of carbonyl (C=O) groups is 1. The van der Waals surface area contributed by atoms with Crippen molar-refractivity contribution >= 4 is 30.7 Å². The summed E-state index contributed by atoms with van der Waals surface area (Å²) in [5.74, 6) is -0.597. The third-order valence-electron chi connectivity index (χ3n) is 5.63. The molecule has 0 unspecified atom stereocenters. The zero-order chi connectivity index (χ0) is 24.6. The van der Waals surface area contributed by atoms with E-state index >= 15 is 0 Å². The van der Waals surface area contributed by atoms with E-state index in [-0.39, 0.29) is 10.6 Å². The molecule has 0 spiro atoms. The van der Waals surface area contributed by atoms with Gasteiger partial charge in [-0.2, -0.15) is 5.26 Å². The van der Waals surface area contributed by atoms with Crippen LogP contribution in [-0.2, 0) is 9.22 Å². The van der Waals surface area contributed by atoms with Gasteiger partial charge < -0.3 is 14.3 Å². The van der Waals surface area contributed by atoms with Gasteiger partial charge in [-0.15, -0.1) is 0 Å². The minimum atomic E-state index is -2.60. The maximum atomic E-state index is 11.0. The van der Waals surface area contributed by atoms with Crippen LogP contribution in [0.3, 0.4) is 0 Å². The Balaban J connectivity index is 1.76. The molecule has 0 aromatic heterocycles. The Morgan fingerprint density at radius 2 is 1.44 bits per heavy atom. The maximum Gasteiger partial charge on any atom is 0.346 e. The van der Waals surface area contributed by atoms with Gasteiger partial charge in [0.2, 0.25) is 0 Å². The lowest BCUT2D eigenvalue weighted by Crippen LogP contribution is -2.66. The smallest absolute Gasteiger partial charge is 0.346 e. The molecule has 0 bridgehead atoms. The van der Waals surface area contributed by atoms with Crippen molar-refractivity contribution in [2.45, 2.75) is 25.8 Å². The lowest BCUT2D eigenvalue weighted by molar-refractivity contribution is -0.132. The first-order valence-corrected chi connectivity index (χ1v) is 13.0. The zero-order valence-corrected chi connectivity index (χ0v) is 20.7. The van der Waals surface area contributed by atoms with Gasteiger partial charge in [0.05, 0.1) is 6.61 Å². The molecule has 0 fully saturated rings. The topological polar surface area (TPSA) is 79.5 Å². The van der Waals surface area contributed by atoms with Crippen LogP contribution >= 0.6 is 0 Å². The highest BCUT2D eigenvalue weighted by Crippen LogP contribution is 2.36. The average Bonchev–Trinajstić information content (AvgIpc) is 2.83. The van der Waals surface area contributed by atoms with Crippen LogP contribution in [0.25, 0.3) is 6.08 Å². The van der Waals surface area contributed by atoms with Crippen molar-refractivity contribution in [1.29, 1.82) is 5.26 Å². The van der Waals surface area contributed by atoms with Crippen LogP contribution in [0.1, 0.15) is 26.3 Å². The van der Waals surface area contributed by atoms with Gasteiger partial charge in [-0.1, -0.05) is 93.6 Å². The summed E-state index contributed by atoms with van der Waals surface area (Å²) in [6.07, 6.45) is 1.33. The van der Waals surface area contributed by atoms with Crippen molar-refractivity contribution < 1.29 is 19.1 Å². The Labute approximate surface area is 202 Å². The number of hydrogen-bond acceptors (Lipinski definition) is 4. The number of hydrogen-bond donors (Lipinski definition) is 1. The van der Waals surface area contributed by atoms with E-state index in [1.807, 2.05) is 12.1 Å². The van der Waals surface area contributed by atoms with Gasteiger partial charge in [-0.3, -0.25) is 0 Å². The average molecular weight is 472 g/mol. The summed E-state index contributed by atoms with van der Waals surface area (Å²) in [6, 6.07) is 29.5. The Hall–Kier alpha value is -3.66. The van der Waals surface area contributed by atoms with Crippen LogP contribution in [0.2, 0.25) is 5.04 Å². The molecule has 0 atom stereocenters. The highest BCUT2D eigenvalue weighted by Gasteiger charge is 2.50. The normalized spacial score (nSPS) is 12.1. The molecule has 3 rings (SSSR count). The molecular formula is C28H29NO4Si. The Bertz CT molecular complexity index is 1120. The first kappa shape index (κ1) is 25.0. The second-order valence-electron chi connectivity index (χ2n) is 8.90. The van der Waals surface area contributed by atoms with E-state index in [0.717, 1.165) is 0 Å². The van der Waals surface area contributed by atoms with Crippen LogP contribution in [-0.4, -0.2) is 32.6 Å². The van der Waals surface area contributed by atoms with Gasteiger partial charge in [0.15, 0.2) is 0 Å². The van der Waals surface area contributed by atoms with Gasteiger partial charge in [0.1, 0.15) is 24.0 Å². The van der Waals surface area contributed by atoms with Crippen LogP contribution in [0.5, 0.6) is 5.75 Å². The fourth-order valence-electron chi connectivity index (χ4n) is 4.08. The van der Waals surface area contributed by atoms with Crippen molar-refractivity contribution in [1.82, 2.24) is 0 Å². The summed E-state index contributed by atoms with van der Waals surface area (Å²) in [5, 5.41) is 20.2. The van der Waals surface area contributed by atoms with E-state index in [2.05, 4.69) is 69.3 Å². The van der Waals surface area contributed by atoms with Crippen molar-refractivity contribution in [3.05, 3.63) is 96.1 Å². The third-order valence-corrected chi connectivity index (χ3v) is 10.7. The lowest BCUT2D eigenvalue weighted by Gasteiger charge is -2.43. The molecule has 6 heteroatoms. The van der Waals surface area contributed by atoms with Crippen LogP contribution in [0.15, 0.2) is 90.5 Å². The van der Waals surface area contributed by atoms with E-state index in [1.54, 1.807) is 30.3 Å². The summed E-state index contributed by atoms with van der Waals surface area (Å²) in [6.45, 7) is 7.50. The number of carboxylic acids is 1. The summed E-state index contributed by atoms with van der Waals surface area (Å²) < 4.78 is 12.7. The molecule has 3 aromatic carbocycles. The maximum absolute atomic E-state index is 11.0. The minimum Gasteiger partial charge on any atom is -0.491 e. The van der Waals surface area contributed by atoms with Crippen LogP contribution < -0.4 is 15.1 Å². The number of ether oxygens (including phenoxy) is 1. The molecule has 1 N–H and O–H groups in total. The molecule has 3 aromatic rings. The number of nitriles is 1. The standard InChI is InChI=1S/C28H29NO4Si/c1-28(2,3)34(25-10-6-4-7-11-25,26-12-8-5-9-13-26)33-19-18-32-24-16-14-22(15-17-24)20-23(21-29)27(30)31/h4-17,20H,18-19H2,1-3H3,(H,30,31)/b23-20+. The summed E-state index contributed by atoms with van der Waals surface area (Å²) in [5.41, 5.74) is 0.308. The summed E-state index contributed by atoms with van der Waals surface area (Å²) >= 11 is 0. The Kier molecular flexibility index (Phi) is 8.06. The molecule has 0 heterocycles. The van der Waals surface area contributed by atoms with Gasteiger partial charge in [-0.25, -0.2) is 4.79 Å². The first-order valence-electron chi connectivity index (χ1n) is 11.1. The van der Waals surface area contributed by atoms with Crippen molar-refractivity contribution in [2.75, 3.05) is 13.2 Å². The van der Waals surface area contributed by atoms with Crippen molar-refractivity contribution in [2.24, 2.45) is 0 Å². The van der Waals surface area contributed by atoms with E-state index in [9.17, 15) is 4.79 Å². The zero-order valence-electron chi connectivity index (χ0n) is 19.7. The number of benzene rings is 3. The first-order chi connectivity index (χ1) is 16.3. The molecule has 34 heavy (non-hydrogen) atoms. The third kappa shape index (κ3) is 5.63. The monoisotopic (exact) mass is 471 g/mol. The number of aliphatic carboxylic acids is 1. The molecule has 0 aliphatic carbocycles. The number of carboxylic acid groups (broad SMARTS) is 1. The molecule has 0 saturated heterocycles. The molecule has 0 aliphatic rings. The van der Waals surface area contributed by atoms with E-state index in [4.69, 9.17) is 19.5 Å². The highest BCUT2D eigenvalue weighted by atomic mass is 28.4. The van der Waals surface area contributed by atoms with Gasteiger partial charge >= 0.3 is 5.97 Å². The quantitative estimate of drug-likeness (QED) is 0.213. The summed E-state index contributed by atoms with van der Waals surface area (Å²) in [4.78, 5) is 11.0. The van der Waals surface area contributed by atoms with Crippen molar-refractivity contribution in [3.8, 4) is 11.8 Å². The van der Waals surface area contributed by atoms with Crippen molar-refractivity contribution in [3.63, 3.8) is 0 Å². The summed E-state index contributed by atoms with van der Waals surface area (Å²) in [7, 11) is -2.60. The van der Waals surface area contributed by atoms with Gasteiger partial charge in [0.25, 0.3) is 8.32 Å². The Morgan fingerprint density at radius 3 is 1.88 bits per heavy atom. The second-order valence-corrected chi connectivity index (χ2v) is 13.2. The molecule has 0 aliphatic heterocycles. The largest absolute Gasteiger partial charge is 0.491 e. The van der Waals surface area contributed by atoms with E-state index in [0.29, 0.717) is 24.5 Å². The fraction of sp³-hybridized carbons (Fsp3) is 0.214. The molecule has 0 amide bonds. The second kappa shape index (κ2) is 11.0. The van der Waals surface area contributed by atoms with Crippen LogP contribution in [0.4, 0.5) is 0 Å². The molecule has 0 saturated carbocycles. The number of rotatable bonds is 9. The van der Waals surface area contributed by atoms with Gasteiger partial charge in [-0.05, 0) is 39.2 Å². The Morgan fingerprint density at radius 1 is 0.912 bits per heavy atom. The minimum absolute atomic E-state index is 0.105. The fourth-order valence-corrected chi connectivity index (χ4v) is 8.63. The molecular weight excluding hydrogens is 442 g/mol. The van der Waals surface area contributed by atoms with Crippen LogP contribution in [0, 0.1) is 11.3 Å². The molecule has 174 valence electrons. The predicted octanol–water partition coefficient (Wildman–Crippen LogP) is 4.63.